The lowest BCUT2D eigenvalue weighted by Gasteiger charge is -2.16. The summed E-state index contributed by atoms with van der Waals surface area (Å²) in [6.45, 7) is 6.72. The van der Waals surface area contributed by atoms with Crippen molar-refractivity contribution in [1.29, 1.82) is 0 Å². The van der Waals surface area contributed by atoms with Gasteiger partial charge in [-0.3, -0.25) is 9.59 Å². The number of carboxylic acids is 2. The van der Waals surface area contributed by atoms with Gasteiger partial charge < -0.3 is 43.5 Å². The molecule has 0 bridgehead atoms. The summed E-state index contributed by atoms with van der Waals surface area (Å²) < 4.78 is 28.8. The lowest BCUT2D eigenvalue weighted by Crippen LogP contribution is -2.30. The zero-order valence-corrected chi connectivity index (χ0v) is 40.6. The number of oxazole rings is 2. The predicted octanol–water partition coefficient (Wildman–Crippen LogP) is 9.94. The molecule has 5 aromatic carbocycles. The van der Waals surface area contributed by atoms with Crippen LogP contribution in [0.4, 0.5) is 4.79 Å². The van der Waals surface area contributed by atoms with Gasteiger partial charge in [0.1, 0.15) is 29.6 Å². The number of benzene rings is 5. The van der Waals surface area contributed by atoms with Gasteiger partial charge in [-0.2, -0.15) is 0 Å². The van der Waals surface area contributed by atoms with E-state index in [4.69, 9.17) is 23.0 Å². The zero-order valence-electron chi connectivity index (χ0n) is 39.8. The minimum atomic E-state index is -0.901. The van der Waals surface area contributed by atoms with Crippen molar-refractivity contribution >= 4 is 30.4 Å². The van der Waals surface area contributed by atoms with Crippen molar-refractivity contribution in [1.82, 2.24) is 20.2 Å². The molecule has 0 radical (unpaired) electrons. The number of carboxylic acid groups (broad SMARTS) is 2. The highest BCUT2D eigenvalue weighted by molar-refractivity contribution is 5.85. The number of carbonyl (C=O) groups is 3. The number of amides is 1. The second-order valence-electron chi connectivity index (χ2n) is 17.7. The molecule has 71 heavy (non-hydrogen) atoms. The van der Waals surface area contributed by atoms with Crippen LogP contribution in [0, 0.1) is 37.5 Å². The lowest BCUT2D eigenvalue weighted by atomic mass is 9.90. The molecule has 3 N–H and O–H groups in total. The normalized spacial score (nSPS) is 17.1. The Kier molecular flexibility index (Phi) is 18.1. The number of aliphatic carboxylic acids is 2. The van der Waals surface area contributed by atoms with E-state index >= 15 is 0 Å². The van der Waals surface area contributed by atoms with E-state index in [2.05, 4.69) is 15.3 Å². The summed E-state index contributed by atoms with van der Waals surface area (Å²) in [7, 11) is 0. The van der Waals surface area contributed by atoms with Crippen LogP contribution in [0.25, 0.3) is 22.9 Å². The molecule has 4 atom stereocenters. The molecule has 0 saturated carbocycles. The van der Waals surface area contributed by atoms with Crippen LogP contribution < -0.4 is 14.8 Å². The average molecular weight is 984 g/mol. The van der Waals surface area contributed by atoms with Crippen LogP contribution in [0.15, 0.2) is 148 Å². The largest absolute Gasteiger partial charge is 0.493 e. The molecule has 2 saturated heterocycles. The van der Waals surface area contributed by atoms with Gasteiger partial charge in [0.05, 0.1) is 36.4 Å². The molecule has 2 fully saturated rings. The van der Waals surface area contributed by atoms with Crippen molar-refractivity contribution in [3.63, 3.8) is 0 Å². The fourth-order valence-electron chi connectivity index (χ4n) is 8.86. The van der Waals surface area contributed by atoms with Gasteiger partial charge in [0.15, 0.2) is 0 Å². The van der Waals surface area contributed by atoms with E-state index in [-0.39, 0.29) is 43.3 Å². The van der Waals surface area contributed by atoms with E-state index in [1.807, 2.05) is 153 Å². The minimum Gasteiger partial charge on any atom is -0.493 e. The highest BCUT2D eigenvalue weighted by Crippen LogP contribution is 2.30. The summed E-state index contributed by atoms with van der Waals surface area (Å²) in [6, 6.07) is 44.6. The Morgan fingerprint density at radius 3 is 1.54 bits per heavy atom. The van der Waals surface area contributed by atoms with Crippen LogP contribution in [0.2, 0.25) is 0 Å². The molecule has 2 aliphatic heterocycles. The maximum absolute atomic E-state index is 12.6. The zero-order chi connectivity index (χ0) is 48.8. The number of nitrogens with zero attached hydrogens (tertiary/aromatic N) is 3. The topological polar surface area (TPSA) is 187 Å². The second-order valence-corrected chi connectivity index (χ2v) is 17.7. The monoisotopic (exact) mass is 982 g/mol. The number of likely N-dealkylation sites (tertiary alicyclic amines) is 1. The number of aromatic nitrogens is 2. The number of halogens is 1. The van der Waals surface area contributed by atoms with Crippen LogP contribution in [0.3, 0.4) is 0 Å². The van der Waals surface area contributed by atoms with Crippen molar-refractivity contribution in [2.75, 3.05) is 39.4 Å². The minimum absolute atomic E-state index is 0. The molecule has 2 aromatic heterocycles. The molecular formula is C56H59ClN4O10. The first-order chi connectivity index (χ1) is 34.1. The Morgan fingerprint density at radius 1 is 0.592 bits per heavy atom. The van der Waals surface area contributed by atoms with Gasteiger partial charge in [-0.05, 0) is 110 Å². The van der Waals surface area contributed by atoms with E-state index in [1.165, 1.54) is 4.90 Å². The molecule has 2 aliphatic rings. The Labute approximate surface area is 419 Å². The summed E-state index contributed by atoms with van der Waals surface area (Å²) in [5.74, 6) is 1.69. The number of rotatable bonds is 18. The molecule has 15 heteroatoms. The number of aryl methyl sites for hydroxylation is 2. The maximum atomic E-state index is 12.6. The average Bonchev–Trinajstić information content (AvgIpc) is 4.20. The molecule has 370 valence electrons. The summed E-state index contributed by atoms with van der Waals surface area (Å²) >= 11 is 0. The summed E-state index contributed by atoms with van der Waals surface area (Å²) in [4.78, 5) is 46.6. The van der Waals surface area contributed by atoms with Crippen molar-refractivity contribution in [3.8, 4) is 34.4 Å². The highest BCUT2D eigenvalue weighted by atomic mass is 35.5. The van der Waals surface area contributed by atoms with Gasteiger partial charge in [-0.15, -0.1) is 12.4 Å². The third-order valence-electron chi connectivity index (χ3n) is 12.8. The summed E-state index contributed by atoms with van der Waals surface area (Å²) in [5, 5.41) is 22.3. The van der Waals surface area contributed by atoms with E-state index < -0.39 is 23.9 Å². The highest BCUT2D eigenvalue weighted by Gasteiger charge is 2.40. The predicted molar refractivity (Wildman–Crippen MR) is 270 cm³/mol. The Bertz CT molecular complexity index is 2790. The molecule has 14 nitrogen and oxygen atoms in total. The molecular weight excluding hydrogens is 924 g/mol. The van der Waals surface area contributed by atoms with Crippen molar-refractivity contribution in [2.45, 2.75) is 46.1 Å². The molecule has 0 unspecified atom stereocenters. The first kappa shape index (κ1) is 51.4. The van der Waals surface area contributed by atoms with E-state index in [0.29, 0.717) is 57.3 Å². The second kappa shape index (κ2) is 24.9. The number of hydrogen-bond acceptors (Lipinski definition) is 11. The van der Waals surface area contributed by atoms with E-state index in [0.717, 1.165) is 75.2 Å². The number of hydrogen-bond donors (Lipinski definition) is 3. The van der Waals surface area contributed by atoms with Gasteiger partial charge in [0, 0.05) is 43.6 Å². The van der Waals surface area contributed by atoms with Crippen molar-refractivity contribution in [2.24, 2.45) is 23.7 Å². The van der Waals surface area contributed by atoms with E-state index in [9.17, 15) is 24.6 Å². The van der Waals surface area contributed by atoms with Gasteiger partial charge in [0.2, 0.25) is 11.8 Å². The lowest BCUT2D eigenvalue weighted by molar-refractivity contribution is -0.143. The van der Waals surface area contributed by atoms with Crippen LogP contribution in [0.5, 0.6) is 11.5 Å². The Balaban J connectivity index is 0.000000214. The number of ether oxygens (including phenoxy) is 3. The molecule has 0 spiro atoms. The summed E-state index contributed by atoms with van der Waals surface area (Å²) in [5.41, 5.74) is 6.67. The van der Waals surface area contributed by atoms with Gasteiger partial charge in [0.25, 0.3) is 0 Å². The molecule has 7 aromatic rings. The van der Waals surface area contributed by atoms with Crippen LogP contribution in [-0.4, -0.2) is 82.5 Å². The fourth-order valence-corrected chi connectivity index (χ4v) is 8.86. The standard InChI is InChI=1S/C32H32N2O6.C24H26N2O4.ClH/c1-22-29(33-30(40-22)25-10-6-3-7-11-25)16-17-38-27-14-12-23(13-15-27)18-26-19-34(20-28(26)31(35)36)32(37)39-21-24-8-4-2-5-9-24;1-16-22(26-23(30-16)18-5-3-2-4-6-18)11-12-29-20-9-7-17(8-10-20)13-19-14-25-15-21(19)24(27)28;/h2-15,26,28H,16-21H2,1H3,(H,35,36);2-10,19,21,25H,11-15H2,1H3,(H,27,28);1H/t26-,28+;19-,21+;/m11./s1. The third kappa shape index (κ3) is 14.1. The molecule has 9 rings (SSSR count). The molecule has 1 amide bonds. The van der Waals surface area contributed by atoms with Gasteiger partial charge in [-0.1, -0.05) is 91.0 Å². The van der Waals surface area contributed by atoms with Crippen molar-refractivity contribution in [3.05, 3.63) is 179 Å². The Morgan fingerprint density at radius 2 is 1.06 bits per heavy atom. The van der Waals surface area contributed by atoms with E-state index in [1.54, 1.807) is 0 Å². The van der Waals surface area contributed by atoms with Gasteiger partial charge >= 0.3 is 18.0 Å². The first-order valence-corrected chi connectivity index (χ1v) is 23.6. The third-order valence-corrected chi connectivity index (χ3v) is 12.8. The van der Waals surface area contributed by atoms with Crippen LogP contribution >= 0.6 is 12.4 Å². The number of carbonyl (C=O) groups excluding carboxylic acids is 1. The van der Waals surface area contributed by atoms with Crippen LogP contribution in [0.1, 0.15) is 39.6 Å². The SMILES string of the molecule is Cc1oc(-c2ccccc2)nc1CCOc1ccc(C[C@@H]2CN(C(=O)OCc3ccccc3)C[C@@H]2C(=O)O)cc1.Cc1oc(-c2ccccc2)nc1CCOc1ccc(C[C@@H]2CNC[C@@H]2C(=O)O)cc1.Cl. The molecule has 4 heterocycles. The smallest absolute Gasteiger partial charge is 0.410 e. The summed E-state index contributed by atoms with van der Waals surface area (Å²) in [6.07, 6.45) is 2.09. The Hall–Kier alpha value is -7.42. The fraction of sp³-hybridized carbons (Fsp3) is 0.304. The van der Waals surface area contributed by atoms with Crippen molar-refractivity contribution < 1.29 is 47.6 Å². The van der Waals surface area contributed by atoms with Gasteiger partial charge in [-0.25, -0.2) is 14.8 Å². The van der Waals surface area contributed by atoms with Crippen LogP contribution in [-0.2, 0) is 46.6 Å². The maximum Gasteiger partial charge on any atom is 0.410 e. The molecule has 0 aliphatic carbocycles. The quantitative estimate of drug-likeness (QED) is 0.0738. The number of nitrogens with one attached hydrogen (secondary N) is 1. The first-order valence-electron chi connectivity index (χ1n) is 23.6.